The summed E-state index contributed by atoms with van der Waals surface area (Å²) < 4.78 is 0. The van der Waals surface area contributed by atoms with Crippen LogP contribution in [0.25, 0.3) is 0 Å². The number of nitrogens with two attached hydrogens (primary N) is 1. The quantitative estimate of drug-likeness (QED) is 0.749. The minimum Gasteiger partial charge on any atom is -0.343 e. The maximum Gasteiger partial charge on any atom is 0.246 e. The molecule has 1 rings (SSSR count). The van der Waals surface area contributed by atoms with Gasteiger partial charge in [-0.1, -0.05) is 13.8 Å². The van der Waals surface area contributed by atoms with Gasteiger partial charge in [0.25, 0.3) is 0 Å². The summed E-state index contributed by atoms with van der Waals surface area (Å²) in [4.78, 5) is 37.5. The molecular weight excluding hydrogens is 338 g/mol. The molecule has 21 heavy (non-hydrogen) atoms. The molecule has 1 heterocycles. The van der Waals surface area contributed by atoms with Gasteiger partial charge < -0.3 is 16.0 Å². The smallest absolute Gasteiger partial charge is 0.246 e. The number of nitrogens with one attached hydrogen (secondary N) is 1. The number of likely N-dealkylation sites (tertiary alicyclic amines) is 1. The highest BCUT2D eigenvalue weighted by Crippen LogP contribution is 2.20. The highest BCUT2D eigenvalue weighted by molar-refractivity contribution is 8.93. The first kappa shape index (κ1) is 20.1. The third kappa shape index (κ3) is 5.07. The van der Waals surface area contributed by atoms with Gasteiger partial charge in [0.1, 0.15) is 6.04 Å². The molecule has 0 unspecified atom stereocenters. The van der Waals surface area contributed by atoms with Crippen LogP contribution in [0.2, 0.25) is 0 Å². The van der Waals surface area contributed by atoms with Gasteiger partial charge in [-0.25, -0.2) is 0 Å². The summed E-state index contributed by atoms with van der Waals surface area (Å²) in [5.74, 6) is -0.599. The van der Waals surface area contributed by atoms with Crippen molar-refractivity contribution in [2.45, 2.75) is 58.7 Å². The largest absolute Gasteiger partial charge is 0.343 e. The van der Waals surface area contributed by atoms with E-state index in [1.165, 1.54) is 6.92 Å². The van der Waals surface area contributed by atoms with Gasteiger partial charge in [-0.15, -0.1) is 17.0 Å². The number of carbonyl (C=O) groups is 3. The van der Waals surface area contributed by atoms with E-state index in [-0.39, 0.29) is 46.5 Å². The minimum atomic E-state index is -0.661. The van der Waals surface area contributed by atoms with Crippen LogP contribution in [0.5, 0.6) is 0 Å². The van der Waals surface area contributed by atoms with Crippen molar-refractivity contribution in [2.24, 2.45) is 11.7 Å². The zero-order chi connectivity index (χ0) is 15.4. The van der Waals surface area contributed by atoms with E-state index in [9.17, 15) is 14.4 Å². The number of ketones is 1. The van der Waals surface area contributed by atoms with Gasteiger partial charge >= 0.3 is 0 Å². The molecule has 3 atom stereocenters. The van der Waals surface area contributed by atoms with Crippen LogP contribution in [0.1, 0.15) is 40.5 Å². The van der Waals surface area contributed by atoms with Crippen molar-refractivity contribution in [3.05, 3.63) is 0 Å². The number of nitrogens with zero attached hydrogens (tertiary/aromatic N) is 1. The lowest BCUT2D eigenvalue weighted by Gasteiger charge is -2.30. The van der Waals surface area contributed by atoms with Crippen LogP contribution < -0.4 is 11.1 Å². The molecule has 1 aliphatic rings. The Morgan fingerprint density at radius 2 is 1.81 bits per heavy atom. The fraction of sp³-hybridized carbons (Fsp3) is 0.786. The molecule has 6 nitrogen and oxygen atoms in total. The van der Waals surface area contributed by atoms with Crippen LogP contribution >= 0.6 is 17.0 Å². The van der Waals surface area contributed by atoms with Crippen molar-refractivity contribution >= 4 is 34.6 Å². The normalized spacial score (nSPS) is 20.7. The molecule has 3 N–H and O–H groups in total. The van der Waals surface area contributed by atoms with Crippen LogP contribution in [0, 0.1) is 5.92 Å². The van der Waals surface area contributed by atoms with Crippen LogP contribution in [0.4, 0.5) is 0 Å². The Hall–Kier alpha value is -0.950. The summed E-state index contributed by atoms with van der Waals surface area (Å²) in [5.41, 5.74) is 5.52. The number of amides is 2. The summed E-state index contributed by atoms with van der Waals surface area (Å²) in [7, 11) is 0. The highest BCUT2D eigenvalue weighted by atomic mass is 79.9. The molecule has 1 fully saturated rings. The van der Waals surface area contributed by atoms with Gasteiger partial charge in [0.2, 0.25) is 11.8 Å². The summed E-state index contributed by atoms with van der Waals surface area (Å²) in [6.07, 6.45) is 1.52. The number of rotatable bonds is 5. The first-order valence-electron chi connectivity index (χ1n) is 7.12. The van der Waals surface area contributed by atoms with E-state index in [1.54, 1.807) is 11.8 Å². The van der Waals surface area contributed by atoms with E-state index in [0.29, 0.717) is 13.0 Å². The Bertz CT molecular complexity index is 399. The van der Waals surface area contributed by atoms with Crippen LogP contribution in [-0.4, -0.2) is 47.2 Å². The molecule has 7 heteroatoms. The highest BCUT2D eigenvalue weighted by Gasteiger charge is 2.37. The van der Waals surface area contributed by atoms with E-state index in [1.807, 2.05) is 13.8 Å². The molecule has 0 aromatic carbocycles. The Morgan fingerprint density at radius 1 is 1.24 bits per heavy atom. The number of halogens is 1. The Labute approximate surface area is 136 Å². The molecular formula is C14H26BrN3O3. The SMILES string of the molecule is Br.CC(=O)[C@@H]1CCCN1C(=O)[C@@H](NC(=O)[C@H](C)N)C(C)C. The van der Waals surface area contributed by atoms with E-state index < -0.39 is 12.1 Å². The van der Waals surface area contributed by atoms with Crippen molar-refractivity contribution in [1.29, 1.82) is 0 Å². The van der Waals surface area contributed by atoms with Crippen molar-refractivity contribution in [3.63, 3.8) is 0 Å². The molecule has 2 amide bonds. The molecule has 0 saturated carbocycles. The van der Waals surface area contributed by atoms with E-state index in [4.69, 9.17) is 5.73 Å². The average Bonchev–Trinajstić information content (AvgIpc) is 2.83. The summed E-state index contributed by atoms with van der Waals surface area (Å²) >= 11 is 0. The molecule has 1 saturated heterocycles. The van der Waals surface area contributed by atoms with E-state index in [2.05, 4.69) is 5.32 Å². The fourth-order valence-electron chi connectivity index (χ4n) is 2.43. The summed E-state index contributed by atoms with van der Waals surface area (Å²) in [5, 5.41) is 2.69. The van der Waals surface area contributed by atoms with Gasteiger partial charge in [-0.2, -0.15) is 0 Å². The zero-order valence-corrected chi connectivity index (χ0v) is 14.8. The molecule has 0 aromatic heterocycles. The number of Topliss-reactive ketones (excluding diaryl/α,β-unsaturated/α-hetero) is 1. The Balaban J connectivity index is 0.00000400. The molecule has 0 bridgehead atoms. The predicted octanol–water partition coefficient (Wildman–Crippen LogP) is 0.632. The Kier molecular flexibility index (Phi) is 8.10. The van der Waals surface area contributed by atoms with Gasteiger partial charge in [0.15, 0.2) is 5.78 Å². The summed E-state index contributed by atoms with van der Waals surface area (Å²) in [6, 6.07) is -1.64. The molecule has 1 aliphatic heterocycles. The number of hydrogen-bond acceptors (Lipinski definition) is 4. The second kappa shape index (κ2) is 8.48. The molecule has 122 valence electrons. The van der Waals surface area contributed by atoms with Gasteiger partial charge in [-0.05, 0) is 32.6 Å². The topological polar surface area (TPSA) is 92.5 Å². The third-order valence-electron chi connectivity index (χ3n) is 3.65. The van der Waals surface area contributed by atoms with E-state index >= 15 is 0 Å². The molecule has 0 aliphatic carbocycles. The second-order valence-electron chi connectivity index (χ2n) is 5.82. The second-order valence-corrected chi connectivity index (χ2v) is 5.82. The van der Waals surface area contributed by atoms with E-state index in [0.717, 1.165) is 6.42 Å². The lowest BCUT2D eigenvalue weighted by Crippen LogP contribution is -2.55. The maximum atomic E-state index is 12.6. The van der Waals surface area contributed by atoms with Crippen molar-refractivity contribution in [1.82, 2.24) is 10.2 Å². The Morgan fingerprint density at radius 3 is 2.24 bits per heavy atom. The predicted molar refractivity (Wildman–Crippen MR) is 86.2 cm³/mol. The van der Waals surface area contributed by atoms with Crippen LogP contribution in [0.15, 0.2) is 0 Å². The first-order chi connectivity index (χ1) is 9.25. The third-order valence-corrected chi connectivity index (χ3v) is 3.65. The molecule has 0 aromatic rings. The van der Waals surface area contributed by atoms with Gasteiger partial charge in [-0.3, -0.25) is 14.4 Å². The first-order valence-corrected chi connectivity index (χ1v) is 7.12. The fourth-order valence-corrected chi connectivity index (χ4v) is 2.43. The maximum absolute atomic E-state index is 12.6. The summed E-state index contributed by atoms with van der Waals surface area (Å²) in [6.45, 7) is 7.37. The average molecular weight is 364 g/mol. The standard InChI is InChI=1S/C14H25N3O3.BrH/c1-8(2)12(16-13(19)9(3)15)14(20)17-7-5-6-11(17)10(4)18;/h8-9,11-12H,5-7,15H2,1-4H3,(H,16,19);1H/t9-,11-,12-;/m0./s1. The van der Waals surface area contributed by atoms with Crippen molar-refractivity contribution in [3.8, 4) is 0 Å². The monoisotopic (exact) mass is 363 g/mol. The lowest BCUT2D eigenvalue weighted by molar-refractivity contribution is -0.141. The number of carbonyl (C=O) groups excluding carboxylic acids is 3. The molecule has 0 spiro atoms. The van der Waals surface area contributed by atoms with Crippen LogP contribution in [-0.2, 0) is 14.4 Å². The molecule has 0 radical (unpaired) electrons. The van der Waals surface area contributed by atoms with Gasteiger partial charge in [0, 0.05) is 6.54 Å². The number of hydrogen-bond donors (Lipinski definition) is 2. The van der Waals surface area contributed by atoms with Gasteiger partial charge in [0.05, 0.1) is 12.1 Å². The van der Waals surface area contributed by atoms with Crippen molar-refractivity contribution < 1.29 is 14.4 Å². The van der Waals surface area contributed by atoms with Crippen LogP contribution in [0.3, 0.4) is 0 Å². The zero-order valence-electron chi connectivity index (χ0n) is 13.1. The minimum absolute atomic E-state index is 0. The van der Waals surface area contributed by atoms with Crippen molar-refractivity contribution in [2.75, 3.05) is 6.54 Å². The lowest BCUT2D eigenvalue weighted by atomic mass is 10.0.